The molecule has 2 aromatic rings. The maximum atomic E-state index is 12.3. The fraction of sp³-hybridized carbons (Fsp3) is 0.259. The largest absolute Gasteiger partial charge is 0.379 e. The maximum Gasteiger partial charge on any atom is 0.325 e. The number of aliphatic imine (C=N–C) groups is 2. The van der Waals surface area contributed by atoms with Gasteiger partial charge in [-0.1, -0.05) is 30.3 Å². The van der Waals surface area contributed by atoms with Gasteiger partial charge < -0.3 is 26.4 Å². The summed E-state index contributed by atoms with van der Waals surface area (Å²) in [4.78, 5) is 36.0. The van der Waals surface area contributed by atoms with E-state index in [-0.39, 0.29) is 17.8 Å². The Morgan fingerprint density at radius 3 is 2.45 bits per heavy atom. The highest BCUT2D eigenvalue weighted by Gasteiger charge is 2.19. The maximum absolute atomic E-state index is 12.3. The van der Waals surface area contributed by atoms with Crippen LogP contribution in [0.3, 0.4) is 0 Å². The summed E-state index contributed by atoms with van der Waals surface area (Å²) in [5, 5.41) is 5.10. The minimum atomic E-state index is -0.579. The minimum absolute atomic E-state index is 0.0877. The molecule has 0 aromatic heterocycles. The van der Waals surface area contributed by atoms with Gasteiger partial charge in [0.2, 0.25) is 11.9 Å². The third-order valence-electron chi connectivity index (χ3n) is 6.01. The van der Waals surface area contributed by atoms with E-state index in [2.05, 4.69) is 31.4 Å². The van der Waals surface area contributed by atoms with Gasteiger partial charge in [-0.3, -0.25) is 15.0 Å². The van der Waals surface area contributed by atoms with Gasteiger partial charge >= 0.3 is 6.03 Å². The van der Waals surface area contributed by atoms with E-state index in [9.17, 15) is 9.59 Å². The van der Waals surface area contributed by atoms with Gasteiger partial charge in [0, 0.05) is 38.4 Å². The molecule has 0 unspecified atom stereocenters. The lowest BCUT2D eigenvalue weighted by Gasteiger charge is -2.26. The second-order valence-corrected chi connectivity index (χ2v) is 8.74. The van der Waals surface area contributed by atoms with E-state index in [0.717, 1.165) is 44.0 Å². The number of guanidine groups is 2. The van der Waals surface area contributed by atoms with Crippen LogP contribution in [0, 0.1) is 12.3 Å². The SMILES string of the molecule is C#CC(=O)N1CC=C(c2ccc(NC(=O)N/C(N)=N\C(N)=Nc3ccc(CN4CCOCC4)cc3)cc2)C1. The zero-order chi connectivity index (χ0) is 26.9. The van der Waals surface area contributed by atoms with E-state index >= 15 is 0 Å². The molecule has 2 heterocycles. The fourth-order valence-corrected chi connectivity index (χ4v) is 4.06. The van der Waals surface area contributed by atoms with Crippen molar-refractivity contribution in [1.82, 2.24) is 15.1 Å². The first-order valence-corrected chi connectivity index (χ1v) is 12.1. The van der Waals surface area contributed by atoms with Gasteiger partial charge in [-0.2, -0.15) is 4.99 Å². The molecule has 38 heavy (non-hydrogen) atoms. The first kappa shape index (κ1) is 26.4. The minimum Gasteiger partial charge on any atom is -0.379 e. The summed E-state index contributed by atoms with van der Waals surface area (Å²) in [7, 11) is 0. The van der Waals surface area contributed by atoms with Crippen LogP contribution in [0.2, 0.25) is 0 Å². The number of hydrogen-bond donors (Lipinski definition) is 4. The van der Waals surface area contributed by atoms with Crippen LogP contribution in [0.4, 0.5) is 16.2 Å². The van der Waals surface area contributed by atoms with Gasteiger partial charge in [-0.15, -0.1) is 6.42 Å². The molecule has 0 bridgehead atoms. The summed E-state index contributed by atoms with van der Waals surface area (Å²) in [6.07, 6.45) is 7.14. The smallest absolute Gasteiger partial charge is 0.325 e. The third kappa shape index (κ3) is 7.42. The second kappa shape index (κ2) is 12.5. The quantitative estimate of drug-likeness (QED) is 0.269. The highest BCUT2D eigenvalue weighted by molar-refractivity contribution is 6.05. The predicted molar refractivity (Wildman–Crippen MR) is 147 cm³/mol. The number of terminal acetylenes is 1. The van der Waals surface area contributed by atoms with Crippen LogP contribution in [0.15, 0.2) is 64.6 Å². The molecule has 11 heteroatoms. The zero-order valence-electron chi connectivity index (χ0n) is 20.9. The van der Waals surface area contributed by atoms with Crippen molar-refractivity contribution in [2.75, 3.05) is 44.7 Å². The highest BCUT2D eigenvalue weighted by Crippen LogP contribution is 2.22. The van der Waals surface area contributed by atoms with Crippen LogP contribution in [-0.4, -0.2) is 73.1 Å². The first-order valence-electron chi connectivity index (χ1n) is 12.1. The Morgan fingerprint density at radius 2 is 1.76 bits per heavy atom. The summed E-state index contributed by atoms with van der Waals surface area (Å²) in [5.41, 5.74) is 16.0. The van der Waals surface area contributed by atoms with E-state index in [1.54, 1.807) is 17.0 Å². The number of ether oxygens (including phenoxy) is 1. The zero-order valence-corrected chi connectivity index (χ0v) is 20.9. The van der Waals surface area contributed by atoms with Crippen LogP contribution in [0.1, 0.15) is 11.1 Å². The van der Waals surface area contributed by atoms with Crippen molar-refractivity contribution in [3.05, 3.63) is 65.7 Å². The Hall–Kier alpha value is -4.66. The Morgan fingerprint density at radius 1 is 1.05 bits per heavy atom. The molecule has 0 radical (unpaired) electrons. The third-order valence-corrected chi connectivity index (χ3v) is 6.01. The molecular weight excluding hydrogens is 484 g/mol. The number of benzene rings is 2. The molecule has 3 amide bonds. The van der Waals surface area contributed by atoms with Crippen LogP contribution in [0.25, 0.3) is 5.57 Å². The fourth-order valence-electron chi connectivity index (χ4n) is 4.06. The number of carbonyl (C=O) groups is 2. The molecule has 6 N–H and O–H groups in total. The van der Waals surface area contributed by atoms with Crippen molar-refractivity contribution in [3.8, 4) is 12.3 Å². The van der Waals surface area contributed by atoms with Gasteiger partial charge in [0.25, 0.3) is 5.91 Å². The van der Waals surface area contributed by atoms with E-state index in [1.807, 2.05) is 42.5 Å². The highest BCUT2D eigenvalue weighted by atomic mass is 16.5. The summed E-state index contributed by atoms with van der Waals surface area (Å²) in [5.74, 6) is 1.50. The lowest BCUT2D eigenvalue weighted by Crippen LogP contribution is -2.40. The number of anilines is 1. The molecule has 0 atom stereocenters. The van der Waals surface area contributed by atoms with Crippen LogP contribution < -0.4 is 22.1 Å². The van der Waals surface area contributed by atoms with Crippen molar-refractivity contribution >= 4 is 40.8 Å². The van der Waals surface area contributed by atoms with Crippen LogP contribution in [-0.2, 0) is 16.1 Å². The summed E-state index contributed by atoms with van der Waals surface area (Å²) in [6.45, 7) is 5.12. The van der Waals surface area contributed by atoms with Crippen LogP contribution in [0.5, 0.6) is 0 Å². The van der Waals surface area contributed by atoms with Gasteiger partial charge in [0.05, 0.1) is 18.9 Å². The average Bonchev–Trinajstić information content (AvgIpc) is 3.40. The number of rotatable bonds is 5. The number of nitrogens with zero attached hydrogens (tertiary/aromatic N) is 4. The summed E-state index contributed by atoms with van der Waals surface area (Å²) >= 11 is 0. The number of morpholine rings is 1. The van der Waals surface area contributed by atoms with Crippen molar-refractivity contribution in [2.24, 2.45) is 21.5 Å². The summed E-state index contributed by atoms with van der Waals surface area (Å²) in [6, 6.07) is 14.3. The first-order chi connectivity index (χ1) is 18.4. The lowest BCUT2D eigenvalue weighted by molar-refractivity contribution is -0.123. The summed E-state index contributed by atoms with van der Waals surface area (Å²) < 4.78 is 5.38. The Labute approximate surface area is 221 Å². The Kier molecular flexibility index (Phi) is 8.71. The number of amides is 3. The molecule has 11 nitrogen and oxygen atoms in total. The monoisotopic (exact) mass is 514 g/mol. The Bertz CT molecular complexity index is 1290. The lowest BCUT2D eigenvalue weighted by atomic mass is 10.1. The van der Waals surface area contributed by atoms with Crippen molar-refractivity contribution < 1.29 is 14.3 Å². The molecule has 2 aliphatic heterocycles. The van der Waals surface area contributed by atoms with Gasteiger partial charge in [-0.25, -0.2) is 9.79 Å². The number of nitrogens with one attached hydrogen (secondary N) is 2. The molecule has 1 fully saturated rings. The number of carbonyl (C=O) groups excluding carboxylic acids is 2. The average molecular weight is 515 g/mol. The number of urea groups is 1. The standard InChI is InChI=1S/C27H30N8O3/c1-2-24(36)35-12-11-21(18-35)20-5-9-23(10-6-20)31-27(37)33-26(29)32-25(28)30-22-7-3-19(4-8-22)17-34-13-15-38-16-14-34/h1,3-11H,12-18H2,(H6,28,29,30,31,32,33,37). The molecule has 196 valence electrons. The normalized spacial score (nSPS) is 16.5. The van der Waals surface area contributed by atoms with Crippen molar-refractivity contribution in [1.29, 1.82) is 0 Å². The van der Waals surface area contributed by atoms with Crippen LogP contribution >= 0.6 is 0 Å². The molecule has 2 aliphatic rings. The molecule has 2 aromatic carbocycles. The molecular formula is C27H30N8O3. The molecule has 1 saturated heterocycles. The topological polar surface area (TPSA) is 151 Å². The van der Waals surface area contributed by atoms with Crippen molar-refractivity contribution in [3.63, 3.8) is 0 Å². The van der Waals surface area contributed by atoms with Gasteiger partial charge in [-0.05, 0) is 46.9 Å². The Balaban J connectivity index is 1.26. The van der Waals surface area contributed by atoms with E-state index in [1.165, 1.54) is 5.56 Å². The molecule has 0 aliphatic carbocycles. The molecule has 0 saturated carbocycles. The van der Waals surface area contributed by atoms with Gasteiger partial charge in [0.15, 0.2) is 0 Å². The van der Waals surface area contributed by atoms with E-state index < -0.39 is 6.03 Å². The van der Waals surface area contributed by atoms with Crippen molar-refractivity contribution in [2.45, 2.75) is 6.54 Å². The predicted octanol–water partition coefficient (Wildman–Crippen LogP) is 1.46. The molecule has 4 rings (SSSR count). The van der Waals surface area contributed by atoms with Gasteiger partial charge in [0.1, 0.15) is 0 Å². The number of hydrogen-bond acceptors (Lipinski definition) is 5. The van der Waals surface area contributed by atoms with E-state index in [4.69, 9.17) is 22.6 Å². The second-order valence-electron chi connectivity index (χ2n) is 8.74. The number of nitrogens with two attached hydrogens (primary N) is 2. The molecule has 0 spiro atoms. The van der Waals surface area contributed by atoms with E-state index in [0.29, 0.717) is 24.5 Å².